The predicted octanol–water partition coefficient (Wildman–Crippen LogP) is -3.80. The fourth-order valence-corrected chi connectivity index (χ4v) is 0. The Morgan fingerprint density at radius 1 is 0.538 bits per heavy atom. The first-order valence-corrected chi connectivity index (χ1v) is 4.70. The Hall–Kier alpha value is 5.13. The fourth-order valence-electron chi connectivity index (χ4n) is 0. The standard InChI is InChI=1S/3K.2H3O4P.3H/c;;;2*1-5(2,3)4;;;/h;;;2*(H3,1,2,3,4);;;. The molecule has 0 heterocycles. The average Bonchev–Trinajstić information content (AvgIpc) is 1.12. The summed E-state index contributed by atoms with van der Waals surface area (Å²) < 4.78 is 17.8. The molecule has 0 rings (SSSR count). The van der Waals surface area contributed by atoms with Crippen molar-refractivity contribution < 1.29 is 38.5 Å². The normalized spacial score (nSPS) is 9.08. The van der Waals surface area contributed by atoms with E-state index in [1.54, 1.807) is 0 Å². The van der Waals surface area contributed by atoms with Gasteiger partial charge in [0.05, 0.1) is 0 Å². The van der Waals surface area contributed by atoms with Gasteiger partial charge in [-0.25, -0.2) is 9.13 Å². The van der Waals surface area contributed by atoms with Gasteiger partial charge in [-0.3, -0.25) is 0 Å². The quantitative estimate of drug-likeness (QED) is 0.196. The van der Waals surface area contributed by atoms with Gasteiger partial charge in [0.2, 0.25) is 0 Å². The molecule has 0 aliphatic heterocycles. The van der Waals surface area contributed by atoms with E-state index in [1.807, 2.05) is 0 Å². The van der Waals surface area contributed by atoms with Crippen molar-refractivity contribution >= 4 is 170 Å². The molecule has 0 aliphatic carbocycles. The summed E-state index contributed by atoms with van der Waals surface area (Å²) in [5, 5.41) is 0. The molecule has 0 radical (unpaired) electrons. The van der Waals surface area contributed by atoms with Gasteiger partial charge in [0, 0.05) is 0 Å². The molecule has 0 fully saturated rings. The Morgan fingerprint density at radius 3 is 0.538 bits per heavy atom. The van der Waals surface area contributed by atoms with Gasteiger partial charge in [-0.05, 0) is 0 Å². The summed E-state index contributed by atoms with van der Waals surface area (Å²) in [4.78, 5) is 43.1. The number of rotatable bonds is 0. The molecule has 0 saturated heterocycles. The first-order valence-electron chi connectivity index (χ1n) is 1.57. The third-order valence-electron chi connectivity index (χ3n) is 0. The molecule has 0 atom stereocenters. The molecule has 0 spiro atoms. The topological polar surface area (TPSA) is 156 Å². The molecule has 8 nitrogen and oxygen atoms in total. The van der Waals surface area contributed by atoms with Crippen molar-refractivity contribution in [3.05, 3.63) is 0 Å². The van der Waals surface area contributed by atoms with Crippen LogP contribution in [0.1, 0.15) is 0 Å². The van der Waals surface area contributed by atoms with E-state index in [1.165, 1.54) is 0 Å². The van der Waals surface area contributed by atoms with Crippen LogP contribution in [0.2, 0.25) is 0 Å². The van der Waals surface area contributed by atoms with Crippen LogP contribution in [0.3, 0.4) is 0 Å². The second kappa shape index (κ2) is 15.2. The Labute approximate surface area is 202 Å². The fraction of sp³-hybridized carbons (Fsp3) is 0. The molecule has 0 unspecified atom stereocenters. The zero-order chi connectivity index (χ0) is 9.00. The van der Waals surface area contributed by atoms with Crippen molar-refractivity contribution in [1.82, 2.24) is 0 Å². The molecular weight excluding hydrogens is 307 g/mol. The zero-order valence-electron chi connectivity index (χ0n) is 4.39. The van der Waals surface area contributed by atoms with E-state index < -0.39 is 15.6 Å². The van der Waals surface area contributed by atoms with Crippen molar-refractivity contribution in [2.24, 2.45) is 0 Å². The molecule has 0 aromatic carbocycles. The molecule has 0 aliphatic rings. The van der Waals surface area contributed by atoms with E-state index in [9.17, 15) is 0 Å². The summed E-state index contributed by atoms with van der Waals surface area (Å²) in [6.07, 6.45) is 0. The summed E-state index contributed by atoms with van der Waals surface area (Å²) in [5.41, 5.74) is 0. The second-order valence-electron chi connectivity index (χ2n) is 1.03. The van der Waals surface area contributed by atoms with Crippen LogP contribution in [-0.4, -0.2) is 184 Å². The summed E-state index contributed by atoms with van der Waals surface area (Å²) in [7, 11) is -9.28. The van der Waals surface area contributed by atoms with Gasteiger partial charge < -0.3 is 29.4 Å². The van der Waals surface area contributed by atoms with Crippen molar-refractivity contribution in [2.75, 3.05) is 0 Å². The Morgan fingerprint density at radius 2 is 0.538 bits per heavy atom. The summed E-state index contributed by atoms with van der Waals surface area (Å²) in [5.74, 6) is 0. The Balaban J connectivity index is -0.0000000267. The van der Waals surface area contributed by atoms with Crippen LogP contribution in [0.4, 0.5) is 0 Å². The SMILES string of the molecule is O=P(O)(O)O.O=P(O)(O)O.[KH].[KH].[KH]. The minimum absolute atomic E-state index is 0. The molecule has 0 aromatic rings. The first kappa shape index (κ1) is 30.9. The van der Waals surface area contributed by atoms with E-state index >= 15 is 0 Å². The van der Waals surface area contributed by atoms with Crippen LogP contribution >= 0.6 is 15.6 Å². The van der Waals surface area contributed by atoms with E-state index in [4.69, 9.17) is 38.5 Å². The van der Waals surface area contributed by atoms with Gasteiger partial charge in [-0.15, -0.1) is 0 Å². The molecular formula is H9K3O8P2. The van der Waals surface area contributed by atoms with Crippen LogP contribution in [0.15, 0.2) is 0 Å². The van der Waals surface area contributed by atoms with Gasteiger partial charge in [-0.1, -0.05) is 0 Å². The third-order valence-corrected chi connectivity index (χ3v) is 0. The molecule has 0 aromatic heterocycles. The van der Waals surface area contributed by atoms with Crippen LogP contribution in [-0.2, 0) is 9.13 Å². The van der Waals surface area contributed by atoms with Crippen LogP contribution in [0, 0.1) is 0 Å². The Bertz CT molecular complexity index is 130. The van der Waals surface area contributed by atoms with Crippen molar-refractivity contribution in [2.45, 2.75) is 0 Å². The summed E-state index contributed by atoms with van der Waals surface area (Å²) in [6, 6.07) is 0. The summed E-state index contributed by atoms with van der Waals surface area (Å²) in [6.45, 7) is 0. The molecule has 13 heavy (non-hydrogen) atoms. The monoisotopic (exact) mass is 316 g/mol. The van der Waals surface area contributed by atoms with Crippen LogP contribution in [0.25, 0.3) is 0 Å². The van der Waals surface area contributed by atoms with Crippen molar-refractivity contribution in [3.63, 3.8) is 0 Å². The van der Waals surface area contributed by atoms with Gasteiger partial charge in [0.15, 0.2) is 0 Å². The van der Waals surface area contributed by atoms with Crippen LogP contribution in [0.5, 0.6) is 0 Å². The van der Waals surface area contributed by atoms with Crippen molar-refractivity contribution in [1.29, 1.82) is 0 Å². The van der Waals surface area contributed by atoms with Crippen LogP contribution < -0.4 is 0 Å². The molecule has 0 amide bonds. The maximum atomic E-state index is 8.88. The molecule has 13 heteroatoms. The van der Waals surface area contributed by atoms with E-state index in [-0.39, 0.29) is 154 Å². The number of phosphoric acid groups is 2. The predicted molar refractivity (Wildman–Crippen MR) is 50.0 cm³/mol. The molecule has 6 N–H and O–H groups in total. The molecule has 0 bridgehead atoms. The van der Waals surface area contributed by atoms with Gasteiger partial charge in [-0.2, -0.15) is 0 Å². The van der Waals surface area contributed by atoms with Gasteiger partial charge in [0.25, 0.3) is 0 Å². The summed E-state index contributed by atoms with van der Waals surface area (Å²) >= 11 is 0. The van der Waals surface area contributed by atoms with E-state index in [0.29, 0.717) is 0 Å². The zero-order valence-corrected chi connectivity index (χ0v) is 6.18. The number of hydrogen-bond acceptors (Lipinski definition) is 2. The van der Waals surface area contributed by atoms with E-state index in [2.05, 4.69) is 0 Å². The Kier molecular flexibility index (Phi) is 36.1. The maximum absolute atomic E-state index is 8.88. The van der Waals surface area contributed by atoms with Gasteiger partial charge >= 0.3 is 170 Å². The molecule has 70 valence electrons. The van der Waals surface area contributed by atoms with Gasteiger partial charge in [0.1, 0.15) is 0 Å². The second-order valence-corrected chi connectivity index (χ2v) is 3.08. The minimum atomic E-state index is -4.64. The molecule has 0 saturated carbocycles. The average molecular weight is 316 g/mol. The number of hydrogen-bond donors (Lipinski definition) is 6. The van der Waals surface area contributed by atoms with Crippen molar-refractivity contribution in [3.8, 4) is 0 Å². The first-order chi connectivity index (χ1) is 4.00. The van der Waals surface area contributed by atoms with E-state index in [0.717, 1.165) is 0 Å². The third kappa shape index (κ3) is 149.